The lowest BCUT2D eigenvalue weighted by atomic mass is 9.99. The molecule has 0 amide bonds. The van der Waals surface area contributed by atoms with Gasteiger partial charge in [-0.2, -0.15) is 0 Å². The number of fused-ring (bicyclic) bond motifs is 8. The zero-order chi connectivity index (χ0) is 41.7. The average Bonchev–Trinajstić information content (AvgIpc) is 3.86. The Hall–Kier alpha value is -6.95. The molecule has 0 aliphatic heterocycles. The van der Waals surface area contributed by atoms with Gasteiger partial charge >= 0.3 is 0 Å². The molecular formula is C49H29N3OS. The molecule has 3 aromatic heterocycles. The largest absolute Gasteiger partial charge is 0.456 e. The lowest BCUT2D eigenvalue weighted by Crippen LogP contribution is -2.00. The van der Waals surface area contributed by atoms with Gasteiger partial charge in [0.2, 0.25) is 0 Å². The van der Waals surface area contributed by atoms with Gasteiger partial charge in [-0.3, -0.25) is 0 Å². The number of aromatic nitrogens is 3. The SMILES string of the molecule is [2H]c1cc2c(c([2H])c1[2H])c([2H])c([2H])c1c2sc2cc([2H])c([2H])c(-c3nc(-c4cccc(-c5ccccc5)c4)nc(-c4ccc5c(c4)oc4cccc(-c6ccccc6)c45)n3)c21. The van der Waals surface area contributed by atoms with Crippen molar-refractivity contribution in [3.8, 4) is 56.4 Å². The van der Waals surface area contributed by atoms with E-state index in [-0.39, 0.29) is 59.1 Å². The first-order valence-corrected chi connectivity index (χ1v) is 18.3. The Morgan fingerprint density at radius 3 is 2.04 bits per heavy atom. The number of thiophene rings is 1. The highest BCUT2D eigenvalue weighted by Gasteiger charge is 2.20. The molecule has 0 atom stereocenters. The van der Waals surface area contributed by atoms with E-state index < -0.39 is 0 Å². The highest BCUT2D eigenvalue weighted by atomic mass is 32.1. The van der Waals surface area contributed by atoms with E-state index in [9.17, 15) is 2.74 Å². The summed E-state index contributed by atoms with van der Waals surface area (Å²) in [5, 5.41) is 3.20. The Balaban J connectivity index is 1.19. The van der Waals surface area contributed by atoms with Crippen LogP contribution in [0.4, 0.5) is 0 Å². The zero-order valence-electron chi connectivity index (χ0n) is 35.4. The van der Waals surface area contributed by atoms with Gasteiger partial charge in [0, 0.05) is 47.6 Å². The normalized spacial score (nSPS) is 13.5. The maximum Gasteiger partial charge on any atom is 0.164 e. The number of nitrogens with zero attached hydrogens (tertiary/aromatic N) is 3. The molecule has 252 valence electrons. The molecule has 0 aliphatic rings. The molecule has 0 saturated carbocycles. The van der Waals surface area contributed by atoms with Crippen LogP contribution in [0.25, 0.3) is 109 Å². The Morgan fingerprint density at radius 2 is 1.19 bits per heavy atom. The minimum absolute atomic E-state index is 0.0840. The Morgan fingerprint density at radius 1 is 0.444 bits per heavy atom. The second-order valence-electron chi connectivity index (χ2n) is 13.0. The summed E-state index contributed by atoms with van der Waals surface area (Å²) in [6.07, 6.45) is 0. The van der Waals surface area contributed by atoms with Gasteiger partial charge in [0.1, 0.15) is 11.2 Å². The van der Waals surface area contributed by atoms with Crippen molar-refractivity contribution >= 4 is 64.2 Å². The van der Waals surface area contributed by atoms with Crippen molar-refractivity contribution in [2.24, 2.45) is 0 Å². The molecular weight excluding hydrogens is 679 g/mol. The van der Waals surface area contributed by atoms with Crippen LogP contribution < -0.4 is 0 Å². The lowest BCUT2D eigenvalue weighted by molar-refractivity contribution is 0.669. The maximum absolute atomic E-state index is 9.38. The van der Waals surface area contributed by atoms with Gasteiger partial charge in [0.05, 0.1) is 9.60 Å². The lowest BCUT2D eigenvalue weighted by Gasteiger charge is -2.11. The van der Waals surface area contributed by atoms with E-state index >= 15 is 0 Å². The highest BCUT2D eigenvalue weighted by Crippen LogP contribution is 2.43. The average molecular weight is 715 g/mol. The number of furan rings is 1. The van der Waals surface area contributed by atoms with Crippen molar-refractivity contribution in [1.29, 1.82) is 0 Å². The molecule has 5 heteroatoms. The van der Waals surface area contributed by atoms with Gasteiger partial charge in [-0.1, -0.05) is 145 Å². The summed E-state index contributed by atoms with van der Waals surface area (Å²) in [7, 11) is 0. The summed E-state index contributed by atoms with van der Waals surface area (Å²) in [6, 6.07) is 41.5. The molecule has 0 N–H and O–H groups in total. The van der Waals surface area contributed by atoms with Gasteiger partial charge < -0.3 is 4.42 Å². The first-order valence-electron chi connectivity index (χ1n) is 20.9. The molecule has 0 radical (unpaired) electrons. The van der Waals surface area contributed by atoms with Gasteiger partial charge in [-0.25, -0.2) is 15.0 Å². The zero-order valence-corrected chi connectivity index (χ0v) is 29.2. The summed E-state index contributed by atoms with van der Waals surface area (Å²) >= 11 is 1.25. The highest BCUT2D eigenvalue weighted by molar-refractivity contribution is 7.26. The monoisotopic (exact) mass is 714 g/mol. The second kappa shape index (κ2) is 12.3. The van der Waals surface area contributed by atoms with E-state index in [4.69, 9.17) is 26.2 Å². The first kappa shape index (κ1) is 24.3. The van der Waals surface area contributed by atoms with Gasteiger partial charge in [-0.15, -0.1) is 11.3 Å². The number of hydrogen-bond donors (Lipinski definition) is 0. The topological polar surface area (TPSA) is 51.8 Å². The predicted molar refractivity (Wildman–Crippen MR) is 225 cm³/mol. The molecule has 0 saturated heterocycles. The summed E-state index contributed by atoms with van der Waals surface area (Å²) in [5.74, 6) is 0.742. The Bertz CT molecular complexity index is 3630. The summed E-state index contributed by atoms with van der Waals surface area (Å²) in [6.45, 7) is 0. The van der Waals surface area contributed by atoms with Crippen LogP contribution >= 0.6 is 11.3 Å². The third kappa shape index (κ3) is 5.01. The number of hydrogen-bond acceptors (Lipinski definition) is 5. The smallest absolute Gasteiger partial charge is 0.164 e. The fraction of sp³-hybridized carbons (Fsp3) is 0. The van der Waals surface area contributed by atoms with Crippen molar-refractivity contribution in [2.75, 3.05) is 0 Å². The van der Waals surface area contributed by atoms with Crippen molar-refractivity contribution in [2.45, 2.75) is 0 Å². The molecule has 0 aliphatic carbocycles. The minimum atomic E-state index is -0.317. The van der Waals surface area contributed by atoms with E-state index in [2.05, 4.69) is 18.2 Å². The molecule has 8 aromatic carbocycles. The van der Waals surface area contributed by atoms with E-state index in [1.807, 2.05) is 103 Å². The van der Waals surface area contributed by atoms with Crippen LogP contribution in [0.15, 0.2) is 180 Å². The Labute approximate surface area is 324 Å². The second-order valence-corrected chi connectivity index (χ2v) is 14.1. The molecule has 4 nitrogen and oxygen atoms in total. The molecule has 54 heavy (non-hydrogen) atoms. The molecule has 11 aromatic rings. The van der Waals surface area contributed by atoms with Crippen molar-refractivity contribution in [1.82, 2.24) is 15.0 Å². The van der Waals surface area contributed by atoms with E-state index in [1.165, 1.54) is 17.4 Å². The van der Waals surface area contributed by atoms with Gasteiger partial charge in [0.15, 0.2) is 17.5 Å². The molecule has 0 bridgehead atoms. The molecule has 11 rings (SSSR count). The van der Waals surface area contributed by atoms with Crippen LogP contribution in [0, 0.1) is 0 Å². The van der Waals surface area contributed by atoms with Crippen molar-refractivity contribution in [3.63, 3.8) is 0 Å². The molecule has 0 fully saturated rings. The standard InChI is InChI=1S/C49H29N3OS/c1-3-12-30(13-4-1)33-17-9-18-34(28-33)47-50-48(35-25-26-38-42(29-35)53-41-22-10-20-36(44(38)41)31-14-5-2-6-15-31)52-49(51-47)40-21-11-23-43-45(40)39-27-24-32-16-7-8-19-37(32)46(39)54-43/h1-29H/i7D,8D,11D,16D,21D,24D,27D. The predicted octanol–water partition coefficient (Wildman–Crippen LogP) is 13.6. The van der Waals surface area contributed by atoms with Crippen molar-refractivity contribution in [3.05, 3.63) is 176 Å². The molecule has 3 heterocycles. The van der Waals surface area contributed by atoms with Crippen LogP contribution in [0.3, 0.4) is 0 Å². The van der Waals surface area contributed by atoms with Crippen LogP contribution in [-0.2, 0) is 0 Å². The fourth-order valence-electron chi connectivity index (χ4n) is 7.30. The number of rotatable bonds is 5. The summed E-state index contributed by atoms with van der Waals surface area (Å²) < 4.78 is 69.6. The van der Waals surface area contributed by atoms with E-state index in [0.29, 0.717) is 53.9 Å². The van der Waals surface area contributed by atoms with Crippen LogP contribution in [0.2, 0.25) is 0 Å². The van der Waals surface area contributed by atoms with E-state index in [0.717, 1.165) is 38.6 Å². The third-order valence-electron chi connectivity index (χ3n) is 9.82. The quantitative estimate of drug-likeness (QED) is 0.178. The van der Waals surface area contributed by atoms with Gasteiger partial charge in [0.25, 0.3) is 0 Å². The van der Waals surface area contributed by atoms with E-state index in [1.54, 1.807) is 6.07 Å². The van der Waals surface area contributed by atoms with Crippen LogP contribution in [0.5, 0.6) is 0 Å². The Kier molecular flexibility index (Phi) is 5.55. The first-order chi connectivity index (χ1) is 29.6. The van der Waals surface area contributed by atoms with Crippen LogP contribution in [-0.4, -0.2) is 15.0 Å². The summed E-state index contributed by atoms with van der Waals surface area (Å²) in [5.41, 5.74) is 6.99. The van der Waals surface area contributed by atoms with Crippen molar-refractivity contribution < 1.29 is 14.0 Å². The molecule has 0 unspecified atom stereocenters. The number of benzene rings is 8. The molecule has 0 spiro atoms. The van der Waals surface area contributed by atoms with Gasteiger partial charge in [-0.05, 0) is 63.4 Å². The third-order valence-corrected chi connectivity index (χ3v) is 11.0. The van der Waals surface area contributed by atoms with Crippen LogP contribution in [0.1, 0.15) is 9.60 Å². The summed E-state index contributed by atoms with van der Waals surface area (Å²) in [4.78, 5) is 15.1. The maximum atomic E-state index is 9.38. The minimum Gasteiger partial charge on any atom is -0.456 e. The fourth-order valence-corrected chi connectivity index (χ4v) is 8.47.